The van der Waals surface area contributed by atoms with Gasteiger partial charge >= 0.3 is 35.3 Å². The number of nitrogens with one attached hydrogen (secondary N) is 1. The molecule has 10 atom stereocenters. The van der Waals surface area contributed by atoms with E-state index in [-0.39, 0.29) is 123 Å². The number of carbonyl (C=O) groups excluding carboxylic acids is 8. The first-order valence-corrected chi connectivity index (χ1v) is 38.2. The molecule has 0 unspecified atom stereocenters. The van der Waals surface area contributed by atoms with Crippen LogP contribution < -0.4 is 20.5 Å². The van der Waals surface area contributed by atoms with Gasteiger partial charge in [0.25, 0.3) is 0 Å². The number of hydrogen-bond donors (Lipinski definition) is 2. The summed E-state index contributed by atoms with van der Waals surface area (Å²) in [6.07, 6.45) is 21.1. The zero-order valence-electron chi connectivity index (χ0n) is 63.8. The van der Waals surface area contributed by atoms with Gasteiger partial charge in [-0.3, -0.25) is 28.8 Å². The van der Waals surface area contributed by atoms with Crippen LogP contribution in [0.2, 0.25) is 0 Å². The minimum atomic E-state index is -3.60. The van der Waals surface area contributed by atoms with Gasteiger partial charge in [-0.15, -0.1) is 25.6 Å². The van der Waals surface area contributed by atoms with Crippen molar-refractivity contribution in [2.45, 2.75) is 218 Å². The van der Waals surface area contributed by atoms with E-state index in [9.17, 15) is 47.1 Å². The largest absolute Gasteiger partial charge is 0.471 e. The summed E-state index contributed by atoms with van der Waals surface area (Å²) in [5.74, 6) is -10.8. The monoisotopic (exact) mass is 1570 g/mol. The number of esters is 2. The normalized spacial score (nSPS) is 25.2. The molecule has 0 bridgehead atoms. The number of alkyl halides is 4. The zero-order valence-corrected chi connectivity index (χ0v) is 65.4. The number of para-hydroxylation sites is 4. The Labute approximate surface area is 652 Å². The van der Waals surface area contributed by atoms with E-state index in [0.29, 0.717) is 55.5 Å². The van der Waals surface area contributed by atoms with Gasteiger partial charge in [0.2, 0.25) is 23.6 Å². The van der Waals surface area contributed by atoms with Gasteiger partial charge < -0.3 is 49.3 Å². The van der Waals surface area contributed by atoms with Crippen LogP contribution >= 0.6 is 24.0 Å². The zero-order chi connectivity index (χ0) is 79.5. The van der Waals surface area contributed by atoms with Crippen molar-refractivity contribution >= 4 is 92.9 Å². The Kier molecular flexibility index (Phi) is 31.8. The summed E-state index contributed by atoms with van der Waals surface area (Å²) in [4.78, 5) is 126. The second kappa shape index (κ2) is 39.5. The average Bonchev–Trinajstić information content (AvgIpc) is 1.57. The Morgan fingerprint density at radius 3 is 1.42 bits per heavy atom. The summed E-state index contributed by atoms with van der Waals surface area (Å²) in [7, 11) is 0. The quantitative estimate of drug-likeness (QED) is 0.0229. The molecular formula is C82H106Cl2F4N8O14. The molecule has 22 nitrogen and oxygen atoms in total. The van der Waals surface area contributed by atoms with E-state index in [1.807, 2.05) is 58.1 Å². The van der Waals surface area contributed by atoms with Crippen LogP contribution in [0.3, 0.4) is 0 Å². The first-order chi connectivity index (χ1) is 51.8. The maximum Gasteiger partial charge on any atom is 0.407 e. The number of nitrogens with zero attached hydrogens (tertiary/aromatic N) is 6. The second-order valence-electron chi connectivity index (χ2n) is 30.5. The van der Waals surface area contributed by atoms with Gasteiger partial charge in [-0.2, -0.15) is 17.6 Å². The second-order valence-corrected chi connectivity index (χ2v) is 30.8. The van der Waals surface area contributed by atoms with E-state index in [2.05, 4.69) is 51.6 Å². The average molecular weight is 1570 g/mol. The number of halogens is 6. The minimum Gasteiger partial charge on any atom is -0.471 e. The molecule has 3 N–H and O–H groups in total. The van der Waals surface area contributed by atoms with Gasteiger partial charge in [-0.1, -0.05) is 127 Å². The number of carbonyl (C=O) groups is 8. The molecule has 4 fully saturated rings. The molecular weight excluding hydrogens is 1470 g/mol. The number of allylic oxidation sites excluding steroid dienone is 8. The predicted molar refractivity (Wildman–Crippen MR) is 411 cm³/mol. The molecule has 2 aromatic heterocycles. The van der Waals surface area contributed by atoms with Crippen LogP contribution in [-0.4, -0.2) is 152 Å². The van der Waals surface area contributed by atoms with Gasteiger partial charge in [0.15, 0.2) is 23.0 Å². The van der Waals surface area contributed by atoms with Crippen molar-refractivity contribution in [1.29, 1.82) is 0 Å². The number of fused-ring (bicyclic) bond motifs is 6. The van der Waals surface area contributed by atoms with Gasteiger partial charge in [-0.25, -0.2) is 29.5 Å². The van der Waals surface area contributed by atoms with Gasteiger partial charge in [0.1, 0.15) is 18.2 Å². The van der Waals surface area contributed by atoms with Gasteiger partial charge in [-0.05, 0) is 150 Å². The number of aromatic nitrogens is 4. The molecule has 6 heterocycles. The molecule has 110 heavy (non-hydrogen) atoms. The molecule has 2 aliphatic carbocycles. The molecule has 0 spiro atoms. The van der Waals surface area contributed by atoms with Crippen LogP contribution in [0.5, 0.6) is 11.8 Å². The van der Waals surface area contributed by atoms with Gasteiger partial charge in [0.05, 0.1) is 90.5 Å². The van der Waals surface area contributed by atoms with E-state index >= 15 is 8.78 Å². The number of nitrogens with two attached hydrogens (primary N) is 1. The molecule has 2 aromatic carbocycles. The number of ketones is 2. The number of Topliss-reactive ketones (excluding diaryl/α,β-unsaturated/α-hetero) is 2. The van der Waals surface area contributed by atoms with Crippen molar-refractivity contribution in [2.24, 2.45) is 39.2 Å². The lowest BCUT2D eigenvalue weighted by atomic mass is 9.89. The molecule has 2 saturated heterocycles. The molecule has 10 rings (SSSR count). The molecule has 4 aliphatic heterocycles. The molecule has 4 aromatic rings. The summed E-state index contributed by atoms with van der Waals surface area (Å²) in [5.41, 5.74) is 2.89. The smallest absolute Gasteiger partial charge is 0.407 e. The standard InChI is InChI=1S/C41H52F2N4O7.C32H38F2N4O5.C9H15ClO2.ClH/c1-6-9-21-39(4,5)26-53-38(51)46-31-20-14-12-10-11-13-17-27-23-40(27,37(50)52-8-3)24-33(48)32-22-28(25-47(32)36(31)49)54-35-34(41(42,43)7-2)44-29-18-15-16-19-30(29)45-35;1-3-32(33,34)27-28(37-24-15-11-10-14-23(24)36-27)43-21-16-25-26(39)18-31(30(41)42-4-2)17-20(31)12-8-6-5-7-9-13-22(35)29(40)38(25)19-21;1-4-5-6-9(2,3)7-12-8(10)11;/h6-7,13,15-19,27-28,31-32H,1-2,8-12,14,20-26H2,3-5H3,(H,46,51);3,8,10-12,14-15,20-22,25H,1,4-7,9,13,16-19,35H2,2H3;4H,1,5-7H2,2-3H3;1H/b17-13-;12-8-;;/t27-,28-,31+,32+,40-;20-,21-,22+,25+,31-;;/m11../s1. The predicted octanol–water partition coefficient (Wildman–Crippen LogP) is 15.8. The van der Waals surface area contributed by atoms with Crippen molar-refractivity contribution in [3.8, 4) is 11.8 Å². The number of alkyl carbamates (subject to hydrolysis) is 1. The fourth-order valence-corrected chi connectivity index (χ4v) is 14.3. The lowest BCUT2D eigenvalue weighted by Crippen LogP contribution is -2.52. The molecule has 28 heteroatoms. The summed E-state index contributed by atoms with van der Waals surface area (Å²) in [5, 5.41) is 2.75. The first kappa shape index (κ1) is 88.6. The van der Waals surface area contributed by atoms with Crippen molar-refractivity contribution in [3.63, 3.8) is 0 Å². The Morgan fingerprint density at radius 2 is 1.01 bits per heavy atom. The van der Waals surface area contributed by atoms with E-state index in [1.54, 1.807) is 68.5 Å². The Balaban J connectivity index is 0.000000268. The Hall–Kier alpha value is -8.62. The van der Waals surface area contributed by atoms with Crippen LogP contribution in [0.25, 0.3) is 22.1 Å². The maximum absolute atomic E-state index is 15.2. The highest BCUT2D eigenvalue weighted by Crippen LogP contribution is 2.59. The molecule has 0 radical (unpaired) electrons. The molecule has 600 valence electrons. The number of benzene rings is 2. The Morgan fingerprint density at radius 1 is 0.600 bits per heavy atom. The van der Waals surface area contributed by atoms with Crippen LogP contribution in [0.15, 0.2) is 123 Å². The maximum atomic E-state index is 15.2. The number of hydrogen-bond acceptors (Lipinski definition) is 19. The summed E-state index contributed by atoms with van der Waals surface area (Å²) in [6.45, 7) is 25.9. The topological polar surface area (TPSA) is 288 Å². The SMILES string of the molecule is C=CC(F)(F)c1nc2ccccc2nc1O[C@@H]1C[C@H]2C(=O)C[C@]3(C(=O)OCC)C[C@H]3/C=C\CCCCC[C@H](N)C(=O)N2C1.C=CCCC(C)(C)COC(=O)Cl.C=CCCC(C)(C)COC(=O)N[C@H]1CCCCC/C=C\[C@@H]2C[C@@]2(C(=O)OCC)CC(=O)[C@@H]2C[C@@H](Oc3nc4ccccc4nc3C(F)(F)C=C)CN2C1=O.Cl. The van der Waals surface area contributed by atoms with Crippen molar-refractivity contribution < 1.29 is 84.3 Å². The fraction of sp³-hybridized carbons (Fsp3) is 0.561. The highest BCUT2D eigenvalue weighted by Gasteiger charge is 2.63. The number of amides is 3. The summed E-state index contributed by atoms with van der Waals surface area (Å²) >= 11 is 5.04. The van der Waals surface area contributed by atoms with Crippen LogP contribution in [0.1, 0.15) is 181 Å². The summed E-state index contributed by atoms with van der Waals surface area (Å²) < 4.78 is 93.5. The highest BCUT2D eigenvalue weighted by molar-refractivity contribution is 6.61. The van der Waals surface area contributed by atoms with E-state index in [1.165, 1.54) is 9.80 Å². The van der Waals surface area contributed by atoms with Crippen LogP contribution in [0.4, 0.5) is 27.2 Å². The number of ether oxygens (including phenoxy) is 6. The third-order valence-corrected chi connectivity index (χ3v) is 20.9. The third-order valence-electron chi connectivity index (χ3n) is 20.8. The van der Waals surface area contributed by atoms with E-state index in [4.69, 9.17) is 45.8 Å². The highest BCUT2D eigenvalue weighted by atomic mass is 35.5. The Bertz CT molecular complexity index is 4030. The van der Waals surface area contributed by atoms with Crippen molar-refractivity contribution in [2.75, 3.05) is 39.5 Å². The van der Waals surface area contributed by atoms with Crippen molar-refractivity contribution in [3.05, 3.63) is 135 Å². The van der Waals surface area contributed by atoms with Crippen LogP contribution in [0, 0.1) is 33.5 Å². The van der Waals surface area contributed by atoms with E-state index in [0.717, 1.165) is 70.6 Å². The van der Waals surface area contributed by atoms with Crippen LogP contribution in [-0.2, 0) is 59.6 Å². The molecule has 3 amide bonds. The summed E-state index contributed by atoms with van der Waals surface area (Å²) in [6, 6.07) is 9.18. The van der Waals surface area contributed by atoms with E-state index < -0.39 is 117 Å². The molecule has 2 saturated carbocycles. The lowest BCUT2D eigenvalue weighted by molar-refractivity contribution is -0.153. The minimum absolute atomic E-state index is 0. The van der Waals surface area contributed by atoms with Crippen molar-refractivity contribution in [1.82, 2.24) is 35.1 Å². The van der Waals surface area contributed by atoms with Gasteiger partial charge in [0, 0.05) is 37.3 Å². The third kappa shape index (κ3) is 23.3. The lowest BCUT2D eigenvalue weighted by Gasteiger charge is -2.29. The number of rotatable bonds is 23. The molecule has 6 aliphatic rings. The first-order valence-electron chi connectivity index (χ1n) is 37.8. The fourth-order valence-electron chi connectivity index (χ4n) is 14.3.